The highest BCUT2D eigenvalue weighted by Crippen LogP contribution is 2.38. The van der Waals surface area contributed by atoms with E-state index in [1.807, 2.05) is 6.07 Å². The van der Waals surface area contributed by atoms with Crippen LogP contribution in [0.2, 0.25) is 0 Å². The normalized spacial score (nSPS) is 26.5. The van der Waals surface area contributed by atoms with Crippen molar-refractivity contribution in [1.29, 1.82) is 0 Å². The van der Waals surface area contributed by atoms with Gasteiger partial charge in [-0.25, -0.2) is 0 Å². The second-order valence-corrected chi connectivity index (χ2v) is 8.19. The zero-order chi connectivity index (χ0) is 18.1. The molecule has 0 amide bonds. The molecule has 2 heterocycles. The maximum Gasteiger partial charge on any atom is 0.162 e. The van der Waals surface area contributed by atoms with Crippen LogP contribution in [0.1, 0.15) is 57.9 Å². The van der Waals surface area contributed by atoms with E-state index in [2.05, 4.69) is 36.0 Å². The monoisotopic (exact) mass is 358 g/mol. The molecule has 1 saturated carbocycles. The number of likely N-dealkylation sites (tertiary alicyclic amines) is 1. The maximum absolute atomic E-state index is 6.23. The summed E-state index contributed by atoms with van der Waals surface area (Å²) in [6.07, 6.45) is 6.98. The van der Waals surface area contributed by atoms with Gasteiger partial charge in [-0.1, -0.05) is 5.16 Å². The van der Waals surface area contributed by atoms with Crippen molar-refractivity contribution < 1.29 is 14.3 Å². The van der Waals surface area contributed by atoms with Gasteiger partial charge in [-0.05, 0) is 57.7 Å². The average Bonchev–Trinajstić information content (AvgIpc) is 3.38. The number of methoxy groups -OCH3 is 1. The Kier molecular flexibility index (Phi) is 4.82. The molecule has 142 valence electrons. The first-order chi connectivity index (χ1) is 12.6. The van der Waals surface area contributed by atoms with Gasteiger partial charge in [0.15, 0.2) is 17.1 Å². The van der Waals surface area contributed by atoms with Crippen LogP contribution in [-0.2, 0) is 4.84 Å². The summed E-state index contributed by atoms with van der Waals surface area (Å²) in [6, 6.07) is 6.68. The van der Waals surface area contributed by atoms with Crippen molar-refractivity contribution in [2.45, 2.75) is 70.1 Å². The van der Waals surface area contributed by atoms with Gasteiger partial charge in [-0.15, -0.1) is 0 Å². The van der Waals surface area contributed by atoms with Crippen molar-refractivity contribution in [2.24, 2.45) is 5.16 Å². The zero-order valence-corrected chi connectivity index (χ0v) is 16.2. The molecule has 4 rings (SSSR count). The van der Waals surface area contributed by atoms with Gasteiger partial charge < -0.3 is 14.3 Å². The van der Waals surface area contributed by atoms with Crippen molar-refractivity contribution in [1.82, 2.24) is 4.90 Å². The second-order valence-electron chi connectivity index (χ2n) is 8.19. The number of hydrogen-bond donors (Lipinski definition) is 0. The Hall–Kier alpha value is -1.75. The van der Waals surface area contributed by atoms with Crippen LogP contribution < -0.4 is 9.47 Å². The minimum absolute atomic E-state index is 0.147. The van der Waals surface area contributed by atoms with E-state index in [0.29, 0.717) is 12.1 Å². The molecule has 26 heavy (non-hydrogen) atoms. The molecule has 1 aliphatic carbocycles. The second kappa shape index (κ2) is 7.10. The van der Waals surface area contributed by atoms with Crippen molar-refractivity contribution in [3.05, 3.63) is 23.8 Å². The molecule has 5 heteroatoms. The lowest BCUT2D eigenvalue weighted by Gasteiger charge is -2.24. The van der Waals surface area contributed by atoms with Crippen molar-refractivity contribution in [2.75, 3.05) is 20.2 Å². The highest BCUT2D eigenvalue weighted by Gasteiger charge is 2.46. The number of ether oxygens (including phenoxy) is 2. The molecule has 0 bridgehead atoms. The van der Waals surface area contributed by atoms with E-state index in [1.54, 1.807) is 7.11 Å². The molecule has 1 saturated heterocycles. The van der Waals surface area contributed by atoms with Crippen molar-refractivity contribution >= 4 is 5.71 Å². The van der Waals surface area contributed by atoms with Gasteiger partial charge in [-0.2, -0.15) is 0 Å². The molecule has 0 aromatic heterocycles. The van der Waals surface area contributed by atoms with Crippen LogP contribution in [0, 0.1) is 0 Å². The number of benzene rings is 1. The largest absolute Gasteiger partial charge is 0.493 e. The Morgan fingerprint density at radius 3 is 2.73 bits per heavy atom. The molecule has 2 aliphatic heterocycles. The van der Waals surface area contributed by atoms with Gasteiger partial charge in [0.2, 0.25) is 0 Å². The number of nitrogens with zero attached hydrogens (tertiary/aromatic N) is 2. The summed E-state index contributed by atoms with van der Waals surface area (Å²) < 4.78 is 11.7. The molecule has 1 aromatic carbocycles. The van der Waals surface area contributed by atoms with Crippen LogP contribution in [0.4, 0.5) is 0 Å². The van der Waals surface area contributed by atoms with Crippen LogP contribution in [0.5, 0.6) is 11.5 Å². The molecular formula is C21H30N2O3. The number of oxime groups is 1. The SMILES string of the molecule is COc1ccc(C2=NOC3(CCN(C(C)C)C3)C2)cc1OC1CCCC1. The van der Waals surface area contributed by atoms with Gasteiger partial charge in [0.1, 0.15) is 0 Å². The van der Waals surface area contributed by atoms with E-state index >= 15 is 0 Å². The van der Waals surface area contributed by atoms with Crippen LogP contribution in [0.25, 0.3) is 0 Å². The van der Waals surface area contributed by atoms with Gasteiger partial charge in [-0.3, -0.25) is 4.90 Å². The van der Waals surface area contributed by atoms with Gasteiger partial charge in [0.25, 0.3) is 0 Å². The molecule has 1 aromatic rings. The quantitative estimate of drug-likeness (QED) is 0.798. The summed E-state index contributed by atoms with van der Waals surface area (Å²) in [7, 11) is 1.70. The number of hydrogen-bond acceptors (Lipinski definition) is 5. The maximum atomic E-state index is 6.23. The fourth-order valence-electron chi connectivity index (χ4n) is 4.35. The van der Waals surface area contributed by atoms with E-state index in [-0.39, 0.29) is 5.60 Å². The molecule has 1 atom stereocenters. The van der Waals surface area contributed by atoms with Crippen molar-refractivity contribution in [3.8, 4) is 11.5 Å². The van der Waals surface area contributed by atoms with E-state index in [0.717, 1.165) is 61.5 Å². The third-order valence-corrected chi connectivity index (χ3v) is 6.01. The fraction of sp³-hybridized carbons (Fsp3) is 0.667. The van der Waals surface area contributed by atoms with E-state index in [1.165, 1.54) is 12.8 Å². The van der Waals surface area contributed by atoms with Gasteiger partial charge >= 0.3 is 0 Å². The predicted molar refractivity (Wildman–Crippen MR) is 102 cm³/mol. The Morgan fingerprint density at radius 2 is 2.04 bits per heavy atom. The van der Waals surface area contributed by atoms with Gasteiger partial charge in [0.05, 0.1) is 18.9 Å². The lowest BCUT2D eigenvalue weighted by molar-refractivity contribution is -0.0119. The summed E-state index contributed by atoms with van der Waals surface area (Å²) in [5.41, 5.74) is 1.96. The highest BCUT2D eigenvalue weighted by molar-refractivity contribution is 6.02. The molecule has 2 fully saturated rings. The molecule has 3 aliphatic rings. The average molecular weight is 358 g/mol. The molecule has 5 nitrogen and oxygen atoms in total. The summed E-state index contributed by atoms with van der Waals surface area (Å²) in [4.78, 5) is 8.43. The summed E-state index contributed by atoms with van der Waals surface area (Å²) in [5, 5.41) is 4.46. The Morgan fingerprint density at radius 1 is 1.23 bits per heavy atom. The molecule has 0 N–H and O–H groups in total. The third-order valence-electron chi connectivity index (χ3n) is 6.01. The number of rotatable bonds is 5. The minimum Gasteiger partial charge on any atom is -0.493 e. The Bertz CT molecular complexity index is 682. The fourth-order valence-corrected chi connectivity index (χ4v) is 4.35. The standard InChI is InChI=1S/C21H30N2O3/c1-15(2)23-11-10-21(14-23)13-18(22-26-21)16-8-9-19(24-3)20(12-16)25-17-6-4-5-7-17/h8-9,12,15,17H,4-7,10-11,13-14H2,1-3H3. The van der Waals surface area contributed by atoms with Crippen LogP contribution in [-0.4, -0.2) is 48.6 Å². The van der Waals surface area contributed by atoms with E-state index < -0.39 is 0 Å². The molecule has 1 unspecified atom stereocenters. The summed E-state index contributed by atoms with van der Waals surface area (Å²) in [6.45, 7) is 6.52. The van der Waals surface area contributed by atoms with Crippen LogP contribution in [0.15, 0.2) is 23.4 Å². The van der Waals surface area contributed by atoms with Crippen molar-refractivity contribution in [3.63, 3.8) is 0 Å². The van der Waals surface area contributed by atoms with Crippen LogP contribution >= 0.6 is 0 Å². The first-order valence-corrected chi connectivity index (χ1v) is 9.93. The highest BCUT2D eigenvalue weighted by atomic mass is 16.7. The lowest BCUT2D eigenvalue weighted by Crippen LogP contribution is -2.36. The van der Waals surface area contributed by atoms with Gasteiger partial charge in [0, 0.05) is 37.5 Å². The predicted octanol–water partition coefficient (Wildman–Crippen LogP) is 3.99. The van der Waals surface area contributed by atoms with E-state index in [4.69, 9.17) is 14.3 Å². The smallest absolute Gasteiger partial charge is 0.162 e. The molecule has 0 radical (unpaired) electrons. The first kappa shape index (κ1) is 17.7. The molecule has 1 spiro atoms. The minimum atomic E-state index is -0.147. The summed E-state index contributed by atoms with van der Waals surface area (Å²) >= 11 is 0. The summed E-state index contributed by atoms with van der Waals surface area (Å²) in [5.74, 6) is 1.62. The topological polar surface area (TPSA) is 43.3 Å². The third kappa shape index (κ3) is 3.41. The molecular weight excluding hydrogens is 328 g/mol. The first-order valence-electron chi connectivity index (χ1n) is 9.93. The Balaban J connectivity index is 1.49. The lowest BCUT2D eigenvalue weighted by atomic mass is 9.93. The van der Waals surface area contributed by atoms with Crippen LogP contribution in [0.3, 0.4) is 0 Å². The zero-order valence-electron chi connectivity index (χ0n) is 16.2. The van der Waals surface area contributed by atoms with E-state index in [9.17, 15) is 0 Å². The Labute approximate surface area is 156 Å².